The minimum atomic E-state index is -4.78. The fourth-order valence-electron chi connectivity index (χ4n) is 2.68. The monoisotopic (exact) mass is 474 g/mol. The number of hydrogen-bond donors (Lipinski definition) is 1. The minimum Gasteiger partial charge on any atom is -0.236 e. The van der Waals surface area contributed by atoms with Gasteiger partial charge in [0.15, 0.2) is 5.69 Å². The predicted octanol–water partition coefficient (Wildman–Crippen LogP) is 4.98. The van der Waals surface area contributed by atoms with Crippen molar-refractivity contribution in [3.05, 3.63) is 70.7 Å². The quantitative estimate of drug-likeness (QED) is 0.429. The molecule has 146 valence electrons. The van der Waals surface area contributed by atoms with Gasteiger partial charge in [-0.3, -0.25) is 0 Å². The Kier molecular flexibility index (Phi) is 5.30. The second-order valence-corrected chi connectivity index (χ2v) is 8.16. The topological polar surface area (TPSA) is 73.1 Å². The molecule has 3 aromatic rings. The third kappa shape index (κ3) is 4.23. The highest BCUT2D eigenvalue weighted by Gasteiger charge is 2.37. The molecule has 10 heteroatoms. The van der Waals surface area contributed by atoms with Crippen molar-refractivity contribution in [1.29, 1.82) is 0 Å². The van der Waals surface area contributed by atoms with Crippen LogP contribution in [0.3, 0.4) is 0 Å². The van der Waals surface area contributed by atoms with Crippen LogP contribution in [0.2, 0.25) is 0 Å². The molecule has 0 radical (unpaired) electrons. The lowest BCUT2D eigenvalue weighted by molar-refractivity contribution is -0.140. The molecule has 0 spiro atoms. The Morgan fingerprint density at radius 1 is 0.929 bits per heavy atom. The molecule has 28 heavy (non-hydrogen) atoms. The summed E-state index contributed by atoms with van der Waals surface area (Å²) in [6, 6.07) is 11.0. The highest BCUT2D eigenvalue weighted by atomic mass is 79.9. The number of halogens is 5. The molecule has 0 atom stereocenters. The van der Waals surface area contributed by atoms with E-state index in [1.54, 1.807) is 0 Å². The van der Waals surface area contributed by atoms with E-state index < -0.39 is 27.7 Å². The maximum absolute atomic E-state index is 13.7. The lowest BCUT2D eigenvalue weighted by Gasteiger charge is -2.17. The van der Waals surface area contributed by atoms with Gasteiger partial charge in [-0.25, -0.2) is 22.9 Å². The first-order valence-corrected chi connectivity index (χ1v) is 9.97. The van der Waals surface area contributed by atoms with Crippen LogP contribution in [0.15, 0.2) is 64.1 Å². The van der Waals surface area contributed by atoms with Gasteiger partial charge in [-0.1, -0.05) is 24.3 Å². The molecule has 0 amide bonds. The fraction of sp³-hybridized carbons (Fsp3) is 0.0556. The molecule has 1 aromatic heterocycles. The molecule has 0 aliphatic heterocycles. The van der Waals surface area contributed by atoms with Crippen LogP contribution in [0.1, 0.15) is 5.69 Å². The molecule has 0 aliphatic carbocycles. The Balaban J connectivity index is 2.31. The summed E-state index contributed by atoms with van der Waals surface area (Å²) < 4.78 is 77.0. The number of rotatable bonds is 3. The molecule has 1 heterocycles. The van der Waals surface area contributed by atoms with Crippen LogP contribution >= 0.6 is 15.9 Å². The second kappa shape index (κ2) is 7.26. The van der Waals surface area contributed by atoms with Gasteiger partial charge in [0.2, 0.25) is 10.0 Å². The molecular weight excluding hydrogens is 464 g/mol. The predicted molar refractivity (Wildman–Crippen MR) is 99.1 cm³/mol. The Bertz CT molecular complexity index is 1130. The molecule has 2 N–H and O–H groups in total. The number of benzene rings is 2. The van der Waals surface area contributed by atoms with Crippen LogP contribution in [0.25, 0.3) is 22.3 Å². The molecular formula is C18H11BrF4N2O2S. The maximum Gasteiger partial charge on any atom is 0.434 e. The van der Waals surface area contributed by atoms with Gasteiger partial charge in [0.05, 0.1) is 4.90 Å². The molecule has 3 rings (SSSR count). The van der Waals surface area contributed by atoms with Crippen LogP contribution < -0.4 is 5.14 Å². The summed E-state index contributed by atoms with van der Waals surface area (Å²) in [5, 5.41) is 5.06. The average Bonchev–Trinajstić information content (AvgIpc) is 2.60. The third-order valence-corrected chi connectivity index (χ3v) is 5.22. The van der Waals surface area contributed by atoms with Gasteiger partial charge in [-0.05, 0) is 63.0 Å². The van der Waals surface area contributed by atoms with Gasteiger partial charge in [-0.2, -0.15) is 13.2 Å². The Morgan fingerprint density at radius 3 is 1.96 bits per heavy atom. The fourth-order valence-corrected chi connectivity index (χ4v) is 3.60. The van der Waals surface area contributed by atoms with Crippen LogP contribution in [-0.4, -0.2) is 13.4 Å². The summed E-state index contributed by atoms with van der Waals surface area (Å²) in [5.74, 6) is -0.596. The Labute approximate surface area is 166 Å². The van der Waals surface area contributed by atoms with Crippen molar-refractivity contribution >= 4 is 26.0 Å². The lowest BCUT2D eigenvalue weighted by atomic mass is 9.93. The number of primary sulfonamides is 1. The average molecular weight is 475 g/mol. The number of nitrogens with two attached hydrogens (primary N) is 1. The van der Waals surface area contributed by atoms with Crippen LogP contribution in [0, 0.1) is 5.82 Å². The van der Waals surface area contributed by atoms with Crippen LogP contribution in [0.5, 0.6) is 0 Å². The first-order valence-electron chi connectivity index (χ1n) is 7.64. The third-order valence-electron chi connectivity index (χ3n) is 3.88. The summed E-state index contributed by atoms with van der Waals surface area (Å²) in [4.78, 5) is 3.39. The lowest BCUT2D eigenvalue weighted by Crippen LogP contribution is -2.12. The molecule has 0 saturated heterocycles. The van der Waals surface area contributed by atoms with Crippen molar-refractivity contribution in [3.63, 3.8) is 0 Å². The van der Waals surface area contributed by atoms with E-state index in [1.807, 2.05) is 0 Å². The van der Waals surface area contributed by atoms with Gasteiger partial charge < -0.3 is 0 Å². The van der Waals surface area contributed by atoms with E-state index in [2.05, 4.69) is 20.9 Å². The van der Waals surface area contributed by atoms with E-state index in [0.29, 0.717) is 5.56 Å². The molecule has 0 bridgehead atoms. The molecule has 0 fully saturated rings. The van der Waals surface area contributed by atoms with Crippen LogP contribution in [0.4, 0.5) is 17.6 Å². The highest BCUT2D eigenvalue weighted by Crippen LogP contribution is 2.42. The number of sulfonamides is 1. The van der Waals surface area contributed by atoms with E-state index in [4.69, 9.17) is 5.14 Å². The summed E-state index contributed by atoms with van der Waals surface area (Å²) in [7, 11) is -3.95. The van der Waals surface area contributed by atoms with Crippen molar-refractivity contribution in [2.75, 3.05) is 0 Å². The van der Waals surface area contributed by atoms with E-state index in [9.17, 15) is 26.0 Å². The number of pyridine rings is 1. The molecule has 0 aliphatic rings. The first-order chi connectivity index (χ1) is 13.0. The maximum atomic E-state index is 13.7. The first kappa shape index (κ1) is 20.4. The normalized spacial score (nSPS) is 12.2. The van der Waals surface area contributed by atoms with Crippen molar-refractivity contribution < 1.29 is 26.0 Å². The summed E-state index contributed by atoms with van der Waals surface area (Å²) in [6.07, 6.45) is -4.78. The van der Waals surface area contributed by atoms with Crippen molar-refractivity contribution in [2.24, 2.45) is 5.14 Å². The van der Waals surface area contributed by atoms with Gasteiger partial charge in [0.1, 0.15) is 10.4 Å². The van der Waals surface area contributed by atoms with E-state index in [0.717, 1.165) is 12.1 Å². The van der Waals surface area contributed by atoms with Gasteiger partial charge in [0, 0.05) is 5.56 Å². The van der Waals surface area contributed by atoms with Gasteiger partial charge >= 0.3 is 6.18 Å². The summed E-state index contributed by atoms with van der Waals surface area (Å²) >= 11 is 2.98. The zero-order chi connectivity index (χ0) is 20.7. The standard InChI is InChI=1S/C18H11BrF4N2O2S/c19-15-9-14(10-3-7-13(8-4-10)28(24,26)27)16(17(25-15)18(21,22)23)11-1-5-12(20)6-2-11/h1-9H,(H2,24,26,27). The van der Waals surface area contributed by atoms with Gasteiger partial charge in [-0.15, -0.1) is 0 Å². The molecule has 0 saturated carbocycles. The van der Waals surface area contributed by atoms with Crippen molar-refractivity contribution in [1.82, 2.24) is 4.98 Å². The Hall–Kier alpha value is -2.30. The molecule has 4 nitrogen and oxygen atoms in total. The number of aromatic nitrogens is 1. The van der Waals surface area contributed by atoms with E-state index >= 15 is 0 Å². The SMILES string of the molecule is NS(=O)(=O)c1ccc(-c2cc(Br)nc(C(F)(F)F)c2-c2ccc(F)cc2)cc1. The number of alkyl halides is 3. The number of nitrogens with zero attached hydrogens (tertiary/aromatic N) is 1. The zero-order valence-corrected chi connectivity index (χ0v) is 16.2. The zero-order valence-electron chi connectivity index (χ0n) is 13.8. The summed E-state index contributed by atoms with van der Waals surface area (Å²) in [6.45, 7) is 0. The number of hydrogen-bond acceptors (Lipinski definition) is 3. The molecule has 0 unspecified atom stereocenters. The smallest absolute Gasteiger partial charge is 0.236 e. The summed E-state index contributed by atoms with van der Waals surface area (Å²) in [5.41, 5.74) is -0.848. The molecule has 2 aromatic carbocycles. The van der Waals surface area contributed by atoms with Crippen molar-refractivity contribution in [3.8, 4) is 22.3 Å². The largest absolute Gasteiger partial charge is 0.434 e. The Morgan fingerprint density at radius 2 is 1.46 bits per heavy atom. The highest BCUT2D eigenvalue weighted by molar-refractivity contribution is 9.10. The van der Waals surface area contributed by atoms with Crippen molar-refractivity contribution in [2.45, 2.75) is 11.1 Å². The van der Waals surface area contributed by atoms with E-state index in [1.165, 1.54) is 42.5 Å². The minimum absolute atomic E-state index is 0.0591. The van der Waals surface area contributed by atoms with E-state index in [-0.39, 0.29) is 26.2 Å². The van der Waals surface area contributed by atoms with Gasteiger partial charge in [0.25, 0.3) is 0 Å². The second-order valence-electron chi connectivity index (χ2n) is 5.79. The van der Waals surface area contributed by atoms with Crippen LogP contribution in [-0.2, 0) is 16.2 Å².